The number of halogens is 3. The normalized spacial score (nSPS) is 10.5. The van der Waals surface area contributed by atoms with E-state index in [2.05, 4.69) is 5.32 Å². The van der Waals surface area contributed by atoms with Gasteiger partial charge >= 0.3 is 0 Å². The van der Waals surface area contributed by atoms with E-state index in [1.54, 1.807) is 0 Å². The van der Waals surface area contributed by atoms with Gasteiger partial charge in [0.1, 0.15) is 17.4 Å². The molecular formula is C16H16ClF2NO. The Balaban J connectivity index is 2.09. The highest BCUT2D eigenvalue weighted by molar-refractivity contribution is 6.17. The molecule has 0 bridgehead atoms. The zero-order valence-electron chi connectivity index (χ0n) is 11.6. The maximum absolute atomic E-state index is 13.5. The highest BCUT2D eigenvalue weighted by Crippen LogP contribution is 2.25. The average Bonchev–Trinajstić information content (AvgIpc) is 2.47. The van der Waals surface area contributed by atoms with Gasteiger partial charge in [0.25, 0.3) is 0 Å². The summed E-state index contributed by atoms with van der Waals surface area (Å²) in [5.74, 6) is -0.0748. The van der Waals surface area contributed by atoms with Crippen LogP contribution in [-0.2, 0) is 12.4 Å². The van der Waals surface area contributed by atoms with Crippen LogP contribution in [0.2, 0.25) is 0 Å². The molecule has 0 heterocycles. The molecule has 0 radical (unpaired) electrons. The third kappa shape index (κ3) is 4.08. The van der Waals surface area contributed by atoms with E-state index in [0.717, 1.165) is 23.1 Å². The quantitative estimate of drug-likeness (QED) is 0.780. The molecule has 0 unspecified atom stereocenters. The molecule has 0 aromatic heterocycles. The summed E-state index contributed by atoms with van der Waals surface area (Å²) in [7, 11) is 0. The fraction of sp³-hybridized carbons (Fsp3) is 0.250. The topological polar surface area (TPSA) is 21.3 Å². The predicted molar refractivity (Wildman–Crippen MR) is 80.9 cm³/mol. The van der Waals surface area contributed by atoms with Crippen LogP contribution in [0.4, 0.5) is 14.5 Å². The van der Waals surface area contributed by atoms with Crippen LogP contribution in [0, 0.1) is 11.6 Å². The molecule has 0 saturated heterocycles. The second-order valence-electron chi connectivity index (χ2n) is 4.48. The summed E-state index contributed by atoms with van der Waals surface area (Å²) in [6.45, 7) is 2.74. The highest BCUT2D eigenvalue weighted by Gasteiger charge is 2.06. The minimum atomic E-state index is -0.582. The van der Waals surface area contributed by atoms with Gasteiger partial charge in [0.2, 0.25) is 0 Å². The molecule has 2 rings (SSSR count). The number of anilines is 1. The Morgan fingerprint density at radius 3 is 2.57 bits per heavy atom. The largest absolute Gasteiger partial charge is 0.494 e. The molecule has 0 aliphatic heterocycles. The van der Waals surface area contributed by atoms with E-state index in [1.165, 1.54) is 12.1 Å². The fourth-order valence-electron chi connectivity index (χ4n) is 1.95. The summed E-state index contributed by atoms with van der Waals surface area (Å²) >= 11 is 5.89. The van der Waals surface area contributed by atoms with Gasteiger partial charge in [0, 0.05) is 29.4 Å². The summed E-state index contributed by atoms with van der Waals surface area (Å²) in [6.07, 6.45) is 0. The van der Waals surface area contributed by atoms with Crippen LogP contribution in [-0.4, -0.2) is 6.61 Å². The molecule has 112 valence electrons. The van der Waals surface area contributed by atoms with Gasteiger partial charge in [-0.2, -0.15) is 0 Å². The number of hydrogen-bond donors (Lipinski definition) is 1. The van der Waals surface area contributed by atoms with Crippen molar-refractivity contribution in [2.45, 2.75) is 19.3 Å². The van der Waals surface area contributed by atoms with Crippen molar-refractivity contribution >= 4 is 17.3 Å². The number of rotatable bonds is 6. The first-order valence-electron chi connectivity index (χ1n) is 6.63. The van der Waals surface area contributed by atoms with Gasteiger partial charge in [-0.05, 0) is 31.2 Å². The molecule has 5 heteroatoms. The summed E-state index contributed by atoms with van der Waals surface area (Å²) in [6, 6.07) is 9.06. The maximum atomic E-state index is 13.5. The Hall–Kier alpha value is -1.81. The molecule has 2 nitrogen and oxygen atoms in total. The Bertz CT molecular complexity index is 619. The molecule has 0 aliphatic rings. The first kappa shape index (κ1) is 15.6. The van der Waals surface area contributed by atoms with Crippen LogP contribution >= 0.6 is 11.6 Å². The molecule has 0 amide bonds. The van der Waals surface area contributed by atoms with Crippen LogP contribution in [0.3, 0.4) is 0 Å². The summed E-state index contributed by atoms with van der Waals surface area (Å²) in [5.41, 5.74) is 2.07. The lowest BCUT2D eigenvalue weighted by Gasteiger charge is -2.12. The third-order valence-electron chi connectivity index (χ3n) is 3.00. The Labute approximate surface area is 127 Å². The fourth-order valence-corrected chi connectivity index (χ4v) is 2.16. The van der Waals surface area contributed by atoms with Crippen molar-refractivity contribution in [1.82, 2.24) is 0 Å². The number of ether oxygens (including phenoxy) is 1. The molecule has 21 heavy (non-hydrogen) atoms. The van der Waals surface area contributed by atoms with Crippen LogP contribution < -0.4 is 10.1 Å². The standard InChI is InChI=1S/C16H16ClF2NO/c1-2-21-16-6-5-14(7-12(16)9-17)20-10-11-3-4-13(18)8-15(11)19/h3-8,20H,2,9-10H2,1H3. The molecule has 0 spiro atoms. The van der Waals surface area contributed by atoms with E-state index in [0.29, 0.717) is 18.1 Å². The Morgan fingerprint density at radius 1 is 1.10 bits per heavy atom. The monoisotopic (exact) mass is 311 g/mol. The SMILES string of the molecule is CCOc1ccc(NCc2ccc(F)cc2F)cc1CCl. The summed E-state index contributed by atoms with van der Waals surface area (Å²) < 4.78 is 31.8. The average molecular weight is 312 g/mol. The van der Waals surface area contributed by atoms with Crippen LogP contribution in [0.15, 0.2) is 36.4 Å². The van der Waals surface area contributed by atoms with Crippen LogP contribution in [0.25, 0.3) is 0 Å². The van der Waals surface area contributed by atoms with Gasteiger partial charge in [-0.1, -0.05) is 6.07 Å². The van der Waals surface area contributed by atoms with Crippen molar-refractivity contribution in [3.63, 3.8) is 0 Å². The Morgan fingerprint density at radius 2 is 1.90 bits per heavy atom. The Kier molecular flexibility index (Phi) is 5.39. The van der Waals surface area contributed by atoms with Crippen molar-refractivity contribution in [3.05, 3.63) is 59.2 Å². The lowest BCUT2D eigenvalue weighted by Crippen LogP contribution is -2.03. The van der Waals surface area contributed by atoms with Crippen molar-refractivity contribution in [2.24, 2.45) is 0 Å². The summed E-state index contributed by atoms with van der Waals surface area (Å²) in [5, 5.41) is 3.09. The number of hydrogen-bond acceptors (Lipinski definition) is 2. The molecule has 2 aromatic rings. The molecule has 0 atom stereocenters. The zero-order chi connectivity index (χ0) is 15.2. The van der Waals surface area contributed by atoms with Crippen molar-refractivity contribution < 1.29 is 13.5 Å². The van der Waals surface area contributed by atoms with Gasteiger partial charge in [0.15, 0.2) is 0 Å². The van der Waals surface area contributed by atoms with Gasteiger partial charge in [-0.15, -0.1) is 11.6 Å². The minimum Gasteiger partial charge on any atom is -0.494 e. The van der Waals surface area contributed by atoms with E-state index < -0.39 is 11.6 Å². The van der Waals surface area contributed by atoms with Gasteiger partial charge < -0.3 is 10.1 Å². The van der Waals surface area contributed by atoms with E-state index in [-0.39, 0.29) is 6.54 Å². The van der Waals surface area contributed by atoms with E-state index in [1.807, 2.05) is 25.1 Å². The van der Waals surface area contributed by atoms with Gasteiger partial charge in [0.05, 0.1) is 12.5 Å². The first-order chi connectivity index (χ1) is 10.1. The third-order valence-corrected chi connectivity index (χ3v) is 3.29. The highest BCUT2D eigenvalue weighted by atomic mass is 35.5. The molecular weight excluding hydrogens is 296 g/mol. The first-order valence-corrected chi connectivity index (χ1v) is 7.17. The molecule has 2 aromatic carbocycles. The lowest BCUT2D eigenvalue weighted by atomic mass is 10.1. The number of nitrogens with one attached hydrogen (secondary N) is 1. The number of alkyl halides is 1. The minimum absolute atomic E-state index is 0.266. The molecule has 1 N–H and O–H groups in total. The van der Waals surface area contributed by atoms with Crippen molar-refractivity contribution in [2.75, 3.05) is 11.9 Å². The second-order valence-corrected chi connectivity index (χ2v) is 4.75. The molecule has 0 saturated carbocycles. The molecule has 0 aliphatic carbocycles. The van der Waals surface area contributed by atoms with Crippen LogP contribution in [0.5, 0.6) is 5.75 Å². The summed E-state index contributed by atoms with van der Waals surface area (Å²) in [4.78, 5) is 0. The number of benzene rings is 2. The second kappa shape index (κ2) is 7.27. The lowest BCUT2D eigenvalue weighted by molar-refractivity contribution is 0.337. The predicted octanol–water partition coefficient (Wildman–Crippen LogP) is 4.71. The van der Waals surface area contributed by atoms with Gasteiger partial charge in [-0.25, -0.2) is 8.78 Å². The van der Waals surface area contributed by atoms with Crippen molar-refractivity contribution in [1.29, 1.82) is 0 Å². The van der Waals surface area contributed by atoms with Crippen molar-refractivity contribution in [3.8, 4) is 5.75 Å². The zero-order valence-corrected chi connectivity index (χ0v) is 12.4. The van der Waals surface area contributed by atoms with E-state index in [4.69, 9.17) is 16.3 Å². The van der Waals surface area contributed by atoms with Gasteiger partial charge in [-0.3, -0.25) is 0 Å². The maximum Gasteiger partial charge on any atom is 0.131 e. The van der Waals surface area contributed by atoms with E-state index in [9.17, 15) is 8.78 Å². The van der Waals surface area contributed by atoms with E-state index >= 15 is 0 Å². The molecule has 0 fully saturated rings. The van der Waals surface area contributed by atoms with Crippen LogP contribution in [0.1, 0.15) is 18.1 Å². The smallest absolute Gasteiger partial charge is 0.131 e.